The van der Waals surface area contributed by atoms with Crippen molar-refractivity contribution in [3.05, 3.63) is 35.9 Å². The molecule has 3 amide bonds. The standard InChI is InChI=1S/C28H45N3O4/c1-7-18-31(26(33)23(19-20(2)3)30-27(34)35-28(4,5)6)24(21-14-10-8-11-15-21)25(32)29-22-16-12-9-13-17-22/h8,10-11,14-15,20,22-24H,7,9,12-13,16-19H2,1-6H3,(H,29,32)(H,30,34). The van der Waals surface area contributed by atoms with Crippen molar-refractivity contribution in [2.45, 2.75) is 110 Å². The second kappa shape index (κ2) is 13.5. The highest BCUT2D eigenvalue weighted by atomic mass is 16.6. The van der Waals surface area contributed by atoms with Crippen LogP contribution in [0.5, 0.6) is 0 Å². The summed E-state index contributed by atoms with van der Waals surface area (Å²) in [5.41, 5.74) is 0.0913. The molecular weight excluding hydrogens is 442 g/mol. The summed E-state index contributed by atoms with van der Waals surface area (Å²) in [6, 6.07) is 8.03. The van der Waals surface area contributed by atoms with Crippen molar-refractivity contribution < 1.29 is 19.1 Å². The monoisotopic (exact) mass is 487 g/mol. The van der Waals surface area contributed by atoms with E-state index in [0.29, 0.717) is 19.4 Å². The summed E-state index contributed by atoms with van der Waals surface area (Å²) in [7, 11) is 0. The number of carbonyl (C=O) groups is 3. The lowest BCUT2D eigenvalue weighted by atomic mass is 9.94. The number of amides is 3. The van der Waals surface area contributed by atoms with Gasteiger partial charge < -0.3 is 20.3 Å². The van der Waals surface area contributed by atoms with Crippen LogP contribution in [0.3, 0.4) is 0 Å². The van der Waals surface area contributed by atoms with Gasteiger partial charge in [-0.1, -0.05) is 70.4 Å². The van der Waals surface area contributed by atoms with Crippen LogP contribution in [0.1, 0.15) is 98.1 Å². The molecule has 0 saturated heterocycles. The maximum Gasteiger partial charge on any atom is 0.408 e. The van der Waals surface area contributed by atoms with E-state index in [4.69, 9.17) is 4.74 Å². The zero-order valence-electron chi connectivity index (χ0n) is 22.4. The molecule has 35 heavy (non-hydrogen) atoms. The third kappa shape index (κ3) is 9.54. The van der Waals surface area contributed by atoms with Crippen LogP contribution in [0, 0.1) is 5.92 Å². The molecule has 0 aliphatic heterocycles. The van der Waals surface area contributed by atoms with E-state index in [1.165, 1.54) is 6.42 Å². The number of nitrogens with zero attached hydrogens (tertiary/aromatic N) is 1. The van der Waals surface area contributed by atoms with E-state index >= 15 is 0 Å². The van der Waals surface area contributed by atoms with E-state index in [1.54, 1.807) is 25.7 Å². The topological polar surface area (TPSA) is 87.7 Å². The zero-order chi connectivity index (χ0) is 26.0. The molecule has 0 bridgehead atoms. The van der Waals surface area contributed by atoms with Crippen molar-refractivity contribution >= 4 is 17.9 Å². The summed E-state index contributed by atoms with van der Waals surface area (Å²) in [5.74, 6) is -0.266. The molecule has 1 fully saturated rings. The number of rotatable bonds is 10. The molecule has 7 heteroatoms. The van der Waals surface area contributed by atoms with Crippen LogP contribution in [0.25, 0.3) is 0 Å². The Morgan fingerprint density at radius 2 is 1.69 bits per heavy atom. The molecule has 2 unspecified atom stereocenters. The van der Waals surface area contributed by atoms with Crippen LogP contribution in [0.2, 0.25) is 0 Å². The number of hydrogen-bond acceptors (Lipinski definition) is 4. The van der Waals surface area contributed by atoms with Crippen LogP contribution in [-0.2, 0) is 14.3 Å². The molecule has 7 nitrogen and oxygen atoms in total. The van der Waals surface area contributed by atoms with Crippen LogP contribution >= 0.6 is 0 Å². The molecule has 1 aliphatic rings. The molecule has 0 spiro atoms. The van der Waals surface area contributed by atoms with Crippen molar-refractivity contribution in [3.8, 4) is 0 Å². The van der Waals surface area contributed by atoms with Gasteiger partial charge in [0.1, 0.15) is 17.7 Å². The molecule has 0 aromatic heterocycles. The predicted molar refractivity (Wildman–Crippen MR) is 139 cm³/mol. The fourth-order valence-corrected chi connectivity index (χ4v) is 4.59. The molecular formula is C28H45N3O4. The van der Waals surface area contributed by atoms with Crippen LogP contribution in [0.15, 0.2) is 30.3 Å². The number of alkyl carbamates (subject to hydrolysis) is 1. The van der Waals surface area contributed by atoms with Gasteiger partial charge in [0.25, 0.3) is 0 Å². The lowest BCUT2D eigenvalue weighted by Crippen LogP contribution is -2.54. The first-order chi connectivity index (χ1) is 16.5. The summed E-state index contributed by atoms with van der Waals surface area (Å²) in [6.07, 6.45) is 5.84. The Morgan fingerprint density at radius 3 is 2.23 bits per heavy atom. The summed E-state index contributed by atoms with van der Waals surface area (Å²) >= 11 is 0. The molecule has 0 radical (unpaired) electrons. The highest BCUT2D eigenvalue weighted by Gasteiger charge is 2.36. The third-order valence-electron chi connectivity index (χ3n) is 6.07. The zero-order valence-corrected chi connectivity index (χ0v) is 22.4. The summed E-state index contributed by atoms with van der Waals surface area (Å²) in [6.45, 7) is 11.8. The number of ether oxygens (including phenoxy) is 1. The maximum absolute atomic E-state index is 14.0. The van der Waals surface area contributed by atoms with E-state index in [0.717, 1.165) is 31.2 Å². The lowest BCUT2D eigenvalue weighted by molar-refractivity contribution is -0.143. The van der Waals surface area contributed by atoms with E-state index in [-0.39, 0.29) is 23.8 Å². The van der Waals surface area contributed by atoms with Gasteiger partial charge in [-0.2, -0.15) is 0 Å². The lowest BCUT2D eigenvalue weighted by Gasteiger charge is -2.36. The molecule has 196 valence electrons. The van der Waals surface area contributed by atoms with Gasteiger partial charge in [-0.3, -0.25) is 9.59 Å². The average Bonchev–Trinajstić information content (AvgIpc) is 2.77. The minimum absolute atomic E-state index is 0.132. The molecule has 1 aromatic carbocycles. The fraction of sp³-hybridized carbons (Fsp3) is 0.679. The quantitative estimate of drug-likeness (QED) is 0.465. The normalized spacial score (nSPS) is 16.3. The van der Waals surface area contributed by atoms with Gasteiger partial charge in [0.05, 0.1) is 0 Å². The Balaban J connectivity index is 2.36. The van der Waals surface area contributed by atoms with Gasteiger partial charge >= 0.3 is 6.09 Å². The van der Waals surface area contributed by atoms with Crippen molar-refractivity contribution in [3.63, 3.8) is 0 Å². The van der Waals surface area contributed by atoms with Crippen molar-refractivity contribution in [1.29, 1.82) is 0 Å². The van der Waals surface area contributed by atoms with E-state index < -0.39 is 23.8 Å². The van der Waals surface area contributed by atoms with Gasteiger partial charge in [-0.15, -0.1) is 0 Å². The molecule has 2 rings (SSSR count). The van der Waals surface area contributed by atoms with Crippen molar-refractivity contribution in [2.24, 2.45) is 5.92 Å². The van der Waals surface area contributed by atoms with Crippen LogP contribution in [0.4, 0.5) is 4.79 Å². The Kier molecular flexibility index (Phi) is 11.1. The minimum Gasteiger partial charge on any atom is -0.444 e. The van der Waals surface area contributed by atoms with Crippen LogP contribution < -0.4 is 10.6 Å². The number of carbonyl (C=O) groups excluding carboxylic acids is 3. The maximum atomic E-state index is 14.0. The Morgan fingerprint density at radius 1 is 1.06 bits per heavy atom. The summed E-state index contributed by atoms with van der Waals surface area (Å²) < 4.78 is 5.43. The molecule has 2 atom stereocenters. The molecule has 1 aromatic rings. The predicted octanol–water partition coefficient (Wildman–Crippen LogP) is 5.35. The first-order valence-electron chi connectivity index (χ1n) is 13.2. The van der Waals surface area contributed by atoms with Crippen molar-refractivity contribution in [1.82, 2.24) is 15.5 Å². The highest BCUT2D eigenvalue weighted by molar-refractivity contribution is 5.92. The van der Waals surface area contributed by atoms with E-state index in [2.05, 4.69) is 10.6 Å². The molecule has 0 heterocycles. The third-order valence-corrected chi connectivity index (χ3v) is 6.07. The second-order valence-electron chi connectivity index (χ2n) is 11.0. The number of hydrogen-bond donors (Lipinski definition) is 2. The smallest absolute Gasteiger partial charge is 0.408 e. The van der Waals surface area contributed by atoms with Gasteiger partial charge in [-0.05, 0) is 57.9 Å². The Hall–Kier alpha value is -2.57. The molecule has 2 N–H and O–H groups in total. The number of nitrogens with one attached hydrogen (secondary N) is 2. The van der Waals surface area contributed by atoms with E-state index in [9.17, 15) is 14.4 Å². The van der Waals surface area contributed by atoms with Gasteiger partial charge in [0, 0.05) is 12.6 Å². The molecule has 1 saturated carbocycles. The highest BCUT2D eigenvalue weighted by Crippen LogP contribution is 2.26. The SMILES string of the molecule is CCCN(C(=O)C(CC(C)C)NC(=O)OC(C)(C)C)C(C(=O)NC1CCCCC1)c1ccccc1. The van der Waals surface area contributed by atoms with Crippen molar-refractivity contribution in [2.75, 3.05) is 6.54 Å². The second-order valence-corrected chi connectivity index (χ2v) is 11.0. The summed E-state index contributed by atoms with van der Waals surface area (Å²) in [5, 5.41) is 6.00. The Bertz CT molecular complexity index is 813. The molecule has 1 aliphatic carbocycles. The fourth-order valence-electron chi connectivity index (χ4n) is 4.59. The number of benzene rings is 1. The average molecular weight is 488 g/mol. The summed E-state index contributed by atoms with van der Waals surface area (Å²) in [4.78, 5) is 41.9. The minimum atomic E-state index is -0.787. The van der Waals surface area contributed by atoms with Gasteiger partial charge in [-0.25, -0.2) is 4.79 Å². The first-order valence-corrected chi connectivity index (χ1v) is 13.2. The first kappa shape index (κ1) is 28.7. The van der Waals surface area contributed by atoms with Gasteiger partial charge in [0.15, 0.2) is 0 Å². The van der Waals surface area contributed by atoms with Gasteiger partial charge in [0.2, 0.25) is 11.8 Å². The van der Waals surface area contributed by atoms with Crippen LogP contribution in [-0.4, -0.2) is 47.0 Å². The Labute approximate surface area is 211 Å². The van der Waals surface area contributed by atoms with E-state index in [1.807, 2.05) is 51.1 Å². The largest absolute Gasteiger partial charge is 0.444 e.